The molecule has 102 valence electrons. The molecule has 0 aliphatic rings. The van der Waals surface area contributed by atoms with Crippen LogP contribution in [-0.2, 0) is 10.0 Å². The molecule has 0 amide bonds. The number of halogens is 1. The molecule has 0 aliphatic carbocycles. The highest BCUT2D eigenvalue weighted by Crippen LogP contribution is 2.25. The van der Waals surface area contributed by atoms with Gasteiger partial charge in [-0.1, -0.05) is 31.4 Å². The van der Waals surface area contributed by atoms with Crippen molar-refractivity contribution in [3.63, 3.8) is 0 Å². The largest absolute Gasteiger partial charge is 0.397 e. The Morgan fingerprint density at radius 2 is 2.00 bits per heavy atom. The van der Waals surface area contributed by atoms with Crippen LogP contribution in [0.3, 0.4) is 0 Å². The van der Waals surface area contributed by atoms with Crippen molar-refractivity contribution in [1.82, 2.24) is 4.72 Å². The number of unbranched alkanes of at least 4 members (excludes halogenated alkanes) is 2. The fourth-order valence-corrected chi connectivity index (χ4v) is 3.17. The molecule has 6 heteroatoms. The first kappa shape index (κ1) is 15.3. The molecule has 0 saturated carbocycles. The maximum atomic E-state index is 12.1. The Morgan fingerprint density at radius 1 is 1.33 bits per heavy atom. The monoisotopic (exact) mass is 290 g/mol. The molecular formula is C12H19ClN2O2S. The molecule has 0 atom stereocenters. The van der Waals surface area contributed by atoms with Crippen LogP contribution < -0.4 is 10.5 Å². The molecule has 1 aromatic carbocycles. The van der Waals surface area contributed by atoms with Crippen LogP contribution in [0.4, 0.5) is 5.69 Å². The summed E-state index contributed by atoms with van der Waals surface area (Å²) in [5.41, 5.74) is 6.51. The average Bonchev–Trinajstić information content (AvgIpc) is 2.29. The average molecular weight is 291 g/mol. The second-order valence-electron chi connectivity index (χ2n) is 4.24. The van der Waals surface area contributed by atoms with Gasteiger partial charge in [0.15, 0.2) is 0 Å². The molecule has 0 bridgehead atoms. The summed E-state index contributed by atoms with van der Waals surface area (Å²) >= 11 is 5.84. The smallest absolute Gasteiger partial charge is 0.240 e. The van der Waals surface area contributed by atoms with Gasteiger partial charge in [0.05, 0.1) is 15.6 Å². The first-order chi connectivity index (χ1) is 8.38. The van der Waals surface area contributed by atoms with E-state index in [-0.39, 0.29) is 10.6 Å². The summed E-state index contributed by atoms with van der Waals surface area (Å²) in [6.45, 7) is 4.21. The van der Waals surface area contributed by atoms with Crippen molar-refractivity contribution in [1.29, 1.82) is 0 Å². The van der Waals surface area contributed by atoms with E-state index in [9.17, 15) is 8.42 Å². The summed E-state index contributed by atoms with van der Waals surface area (Å²) in [5, 5.41) is 0.373. The Labute approximate surface area is 114 Å². The minimum absolute atomic E-state index is 0.195. The SMILES string of the molecule is CCCCCNS(=O)(=O)c1cc(N)c(Cl)cc1C. The first-order valence-corrected chi connectivity index (χ1v) is 7.80. The quantitative estimate of drug-likeness (QED) is 0.625. The molecule has 0 aliphatic heterocycles. The van der Waals surface area contributed by atoms with Crippen molar-refractivity contribution in [2.45, 2.75) is 38.0 Å². The minimum atomic E-state index is -3.50. The normalized spacial score (nSPS) is 11.7. The van der Waals surface area contributed by atoms with Crippen molar-refractivity contribution < 1.29 is 8.42 Å². The molecule has 0 unspecified atom stereocenters. The lowest BCUT2D eigenvalue weighted by atomic mass is 10.2. The summed E-state index contributed by atoms with van der Waals surface area (Å²) in [6.07, 6.45) is 2.89. The Balaban J connectivity index is 2.88. The van der Waals surface area contributed by atoms with Gasteiger partial charge in [0, 0.05) is 6.54 Å². The fourth-order valence-electron chi connectivity index (χ4n) is 1.62. The molecular weight excluding hydrogens is 272 g/mol. The summed E-state index contributed by atoms with van der Waals surface area (Å²) in [5.74, 6) is 0. The summed E-state index contributed by atoms with van der Waals surface area (Å²) < 4.78 is 26.7. The van der Waals surface area contributed by atoms with E-state index in [0.717, 1.165) is 19.3 Å². The van der Waals surface area contributed by atoms with Crippen LogP contribution in [0.2, 0.25) is 5.02 Å². The van der Waals surface area contributed by atoms with Gasteiger partial charge in [-0.3, -0.25) is 0 Å². The molecule has 18 heavy (non-hydrogen) atoms. The van der Waals surface area contributed by atoms with Gasteiger partial charge in [0.25, 0.3) is 0 Å². The van der Waals surface area contributed by atoms with Crippen molar-refractivity contribution in [3.8, 4) is 0 Å². The van der Waals surface area contributed by atoms with Gasteiger partial charge in [-0.25, -0.2) is 13.1 Å². The lowest BCUT2D eigenvalue weighted by Crippen LogP contribution is -2.25. The van der Waals surface area contributed by atoms with Gasteiger partial charge in [-0.15, -0.1) is 0 Å². The van der Waals surface area contributed by atoms with Gasteiger partial charge >= 0.3 is 0 Å². The van der Waals surface area contributed by atoms with E-state index >= 15 is 0 Å². The van der Waals surface area contributed by atoms with Gasteiger partial charge in [0.2, 0.25) is 10.0 Å². The van der Waals surface area contributed by atoms with Crippen molar-refractivity contribution in [3.05, 3.63) is 22.7 Å². The second kappa shape index (κ2) is 6.41. The van der Waals surface area contributed by atoms with E-state index in [1.807, 2.05) is 0 Å². The number of benzene rings is 1. The predicted molar refractivity (Wildman–Crippen MR) is 75.3 cm³/mol. The van der Waals surface area contributed by atoms with Crippen LogP contribution in [0.5, 0.6) is 0 Å². The number of nitrogens with one attached hydrogen (secondary N) is 1. The molecule has 0 fully saturated rings. The Kier molecular flexibility index (Phi) is 5.44. The third-order valence-corrected chi connectivity index (χ3v) is 4.59. The van der Waals surface area contributed by atoms with Crippen LogP contribution in [0.1, 0.15) is 31.7 Å². The minimum Gasteiger partial charge on any atom is -0.397 e. The number of hydrogen-bond acceptors (Lipinski definition) is 3. The summed E-state index contributed by atoms with van der Waals surface area (Å²) in [4.78, 5) is 0.195. The third-order valence-electron chi connectivity index (χ3n) is 2.66. The topological polar surface area (TPSA) is 72.2 Å². The third kappa shape index (κ3) is 3.86. The Morgan fingerprint density at radius 3 is 2.61 bits per heavy atom. The molecule has 1 aromatic rings. The summed E-state index contributed by atoms with van der Waals surface area (Å²) in [6, 6.07) is 2.97. The molecule has 0 spiro atoms. The number of aryl methyl sites for hydroxylation is 1. The van der Waals surface area contributed by atoms with Crippen molar-refractivity contribution >= 4 is 27.3 Å². The highest BCUT2D eigenvalue weighted by Gasteiger charge is 2.17. The molecule has 1 rings (SSSR count). The highest BCUT2D eigenvalue weighted by molar-refractivity contribution is 7.89. The molecule has 0 heterocycles. The second-order valence-corrected chi connectivity index (χ2v) is 6.39. The van der Waals surface area contributed by atoms with Crippen LogP contribution in [0.25, 0.3) is 0 Å². The molecule has 0 radical (unpaired) electrons. The summed E-state index contributed by atoms with van der Waals surface area (Å²) in [7, 11) is -3.50. The van der Waals surface area contributed by atoms with Gasteiger partial charge in [-0.2, -0.15) is 0 Å². The zero-order valence-electron chi connectivity index (χ0n) is 10.7. The van der Waals surface area contributed by atoms with Crippen LogP contribution in [0, 0.1) is 6.92 Å². The van der Waals surface area contributed by atoms with Crippen molar-refractivity contribution in [2.24, 2.45) is 0 Å². The number of hydrogen-bond donors (Lipinski definition) is 2. The zero-order chi connectivity index (χ0) is 13.8. The highest BCUT2D eigenvalue weighted by atomic mass is 35.5. The number of nitrogens with two attached hydrogens (primary N) is 1. The van der Waals surface area contributed by atoms with Crippen molar-refractivity contribution in [2.75, 3.05) is 12.3 Å². The van der Waals surface area contributed by atoms with Gasteiger partial charge < -0.3 is 5.73 Å². The zero-order valence-corrected chi connectivity index (χ0v) is 12.2. The number of rotatable bonds is 6. The standard InChI is InChI=1S/C12H19ClN2O2S/c1-3-4-5-6-15-18(16,17)12-8-11(14)10(13)7-9(12)2/h7-8,15H,3-6,14H2,1-2H3. The van der Waals surface area contributed by atoms with E-state index in [4.69, 9.17) is 17.3 Å². The van der Waals surface area contributed by atoms with E-state index in [1.165, 1.54) is 6.07 Å². The van der Waals surface area contributed by atoms with Crippen LogP contribution in [0.15, 0.2) is 17.0 Å². The Bertz CT molecular complexity index is 515. The molecule has 0 aromatic heterocycles. The predicted octanol–water partition coefficient (Wildman–Crippen LogP) is 2.70. The molecule has 4 nitrogen and oxygen atoms in total. The molecule has 3 N–H and O–H groups in total. The van der Waals surface area contributed by atoms with E-state index in [0.29, 0.717) is 17.1 Å². The number of sulfonamides is 1. The maximum absolute atomic E-state index is 12.1. The number of nitrogen functional groups attached to an aromatic ring is 1. The molecule has 0 saturated heterocycles. The van der Waals surface area contributed by atoms with E-state index in [2.05, 4.69) is 11.6 Å². The van der Waals surface area contributed by atoms with E-state index in [1.54, 1.807) is 13.0 Å². The maximum Gasteiger partial charge on any atom is 0.240 e. The number of anilines is 1. The van der Waals surface area contributed by atoms with Crippen LogP contribution >= 0.6 is 11.6 Å². The van der Waals surface area contributed by atoms with Gasteiger partial charge in [-0.05, 0) is 31.0 Å². The first-order valence-electron chi connectivity index (χ1n) is 5.93. The fraction of sp³-hybridized carbons (Fsp3) is 0.500. The lowest BCUT2D eigenvalue weighted by molar-refractivity contribution is 0.575. The lowest BCUT2D eigenvalue weighted by Gasteiger charge is -2.10. The Hall–Kier alpha value is -0.780. The van der Waals surface area contributed by atoms with Crippen LogP contribution in [-0.4, -0.2) is 15.0 Å². The van der Waals surface area contributed by atoms with E-state index < -0.39 is 10.0 Å². The van der Waals surface area contributed by atoms with Gasteiger partial charge in [0.1, 0.15) is 0 Å².